The monoisotopic (exact) mass is 1060 g/mol. The van der Waals surface area contributed by atoms with Crippen molar-refractivity contribution < 1.29 is 0 Å². The van der Waals surface area contributed by atoms with E-state index < -0.39 is 0 Å². The number of benzene rings is 12. The summed E-state index contributed by atoms with van der Waals surface area (Å²) in [5.41, 5.74) is 17.8. The van der Waals surface area contributed by atoms with Crippen molar-refractivity contribution in [2.75, 3.05) is 0 Å². The highest BCUT2D eigenvalue weighted by Gasteiger charge is 2.27. The van der Waals surface area contributed by atoms with Crippen molar-refractivity contribution in [2.24, 2.45) is 0 Å². The molecule has 78 heavy (non-hydrogen) atoms. The number of para-hydroxylation sites is 4. The van der Waals surface area contributed by atoms with E-state index in [1.54, 1.807) is 45.3 Å². The van der Waals surface area contributed by atoms with Crippen LogP contribution in [0.15, 0.2) is 243 Å². The molecule has 0 radical (unpaired) electrons. The van der Waals surface area contributed by atoms with Crippen LogP contribution in [0.5, 0.6) is 0 Å². The van der Waals surface area contributed by atoms with Crippen molar-refractivity contribution in [1.29, 1.82) is 0 Å². The number of thiazole rings is 4. The Hall–Kier alpha value is -9.02. The van der Waals surface area contributed by atoms with Gasteiger partial charge in [0, 0.05) is 22.3 Å². The zero-order valence-electron chi connectivity index (χ0n) is 41.5. The Bertz CT molecular complexity index is 4250. The molecule has 4 heterocycles. The molecule has 0 unspecified atom stereocenters. The summed E-state index contributed by atoms with van der Waals surface area (Å²) in [4.78, 5) is 20.3. The van der Waals surface area contributed by atoms with Gasteiger partial charge in [0.25, 0.3) is 0 Å². The molecule has 0 N–H and O–H groups in total. The smallest absolute Gasteiger partial charge is 0.124 e. The second-order valence-corrected chi connectivity index (χ2v) is 23.7. The standard InChI is InChI=1S/C70H40N4S4/c1-2-14-50-49(13-1)61(41-25-33-45(34-26-41)67-71-53-17-5-9-21-57(53)75-67)65-63(43-29-37-47(38-30-43)69-73-55-19-7-11-23-59(55)77-69)51-15-3-4-16-52(51)64(44-31-39-48(40-32-44)70-74-56-20-8-12-24-60(56)78-70)66(65)62(50)42-27-35-46(36-28-42)68-72-54-18-6-10-22-58(54)76-68/h1-40H. The van der Waals surface area contributed by atoms with Crippen LogP contribution >= 0.6 is 45.3 Å². The van der Waals surface area contributed by atoms with Crippen LogP contribution in [0, 0.1) is 0 Å². The lowest BCUT2D eigenvalue weighted by Gasteiger charge is -2.25. The zero-order chi connectivity index (χ0) is 51.3. The highest BCUT2D eigenvalue weighted by atomic mass is 32.1. The third-order valence-corrected chi connectivity index (χ3v) is 19.4. The Morgan fingerprint density at radius 3 is 0.603 bits per heavy atom. The zero-order valence-corrected chi connectivity index (χ0v) is 44.8. The molecule has 0 spiro atoms. The fourth-order valence-electron chi connectivity index (χ4n) is 11.4. The van der Waals surface area contributed by atoms with Gasteiger partial charge in [0.1, 0.15) is 20.0 Å². The third-order valence-electron chi connectivity index (χ3n) is 15.0. The Kier molecular flexibility index (Phi) is 10.6. The van der Waals surface area contributed by atoms with Crippen LogP contribution in [0.4, 0.5) is 0 Å². The molecule has 364 valence electrons. The van der Waals surface area contributed by atoms with Gasteiger partial charge < -0.3 is 0 Å². The molecule has 4 nitrogen and oxygen atoms in total. The van der Waals surface area contributed by atoms with E-state index in [1.165, 1.54) is 73.4 Å². The van der Waals surface area contributed by atoms with Crippen molar-refractivity contribution in [2.45, 2.75) is 0 Å². The fraction of sp³-hybridized carbons (Fsp3) is 0. The molecule has 16 aromatic rings. The summed E-state index contributed by atoms with van der Waals surface area (Å²) in [7, 11) is 0. The van der Waals surface area contributed by atoms with Crippen LogP contribution in [0.25, 0.3) is 160 Å². The fourth-order valence-corrected chi connectivity index (χ4v) is 15.3. The summed E-state index contributed by atoms with van der Waals surface area (Å²) in [5, 5.41) is 11.2. The second-order valence-electron chi connectivity index (χ2n) is 19.6. The molecule has 0 aliphatic carbocycles. The minimum Gasteiger partial charge on any atom is -0.236 e. The first-order chi connectivity index (χ1) is 38.6. The van der Waals surface area contributed by atoms with Crippen LogP contribution in [-0.4, -0.2) is 19.9 Å². The highest BCUT2D eigenvalue weighted by Crippen LogP contribution is 2.54. The topological polar surface area (TPSA) is 51.6 Å². The molecule has 0 aliphatic rings. The second kappa shape index (κ2) is 18.3. The van der Waals surface area contributed by atoms with Crippen molar-refractivity contribution in [3.05, 3.63) is 243 Å². The van der Waals surface area contributed by atoms with Gasteiger partial charge in [0.05, 0.1) is 40.9 Å². The number of fused-ring (bicyclic) bond motifs is 7. The van der Waals surface area contributed by atoms with Crippen LogP contribution < -0.4 is 0 Å². The Balaban J connectivity index is 0.999. The minimum absolute atomic E-state index is 1.01. The molecular formula is C70H40N4S4. The Labute approximate surface area is 464 Å². The summed E-state index contributed by atoms with van der Waals surface area (Å²) >= 11 is 6.95. The van der Waals surface area contributed by atoms with E-state index in [9.17, 15) is 0 Å². The summed E-state index contributed by atoms with van der Waals surface area (Å²) in [6.07, 6.45) is 0. The summed E-state index contributed by atoms with van der Waals surface area (Å²) in [6.45, 7) is 0. The Morgan fingerprint density at radius 2 is 0.385 bits per heavy atom. The number of hydrogen-bond acceptors (Lipinski definition) is 8. The van der Waals surface area contributed by atoms with E-state index in [2.05, 4.69) is 243 Å². The lowest BCUT2D eigenvalue weighted by molar-refractivity contribution is 1.47. The summed E-state index contributed by atoms with van der Waals surface area (Å²) in [6, 6.07) is 88.3. The molecule has 0 saturated carbocycles. The van der Waals surface area contributed by atoms with E-state index in [0.29, 0.717) is 0 Å². The normalized spacial score (nSPS) is 11.8. The molecular weight excluding hydrogens is 1030 g/mol. The highest BCUT2D eigenvalue weighted by molar-refractivity contribution is 7.22. The number of hydrogen-bond donors (Lipinski definition) is 0. The maximum atomic E-state index is 5.09. The van der Waals surface area contributed by atoms with E-state index in [-0.39, 0.29) is 0 Å². The predicted molar refractivity (Wildman–Crippen MR) is 335 cm³/mol. The number of rotatable bonds is 8. The van der Waals surface area contributed by atoms with Gasteiger partial charge in [-0.05, 0) is 125 Å². The lowest BCUT2D eigenvalue weighted by atomic mass is 9.77. The molecule has 4 aromatic heterocycles. The summed E-state index contributed by atoms with van der Waals surface area (Å²) < 4.78 is 4.74. The molecule has 0 aliphatic heterocycles. The van der Waals surface area contributed by atoms with Crippen LogP contribution in [0.1, 0.15) is 0 Å². The van der Waals surface area contributed by atoms with Gasteiger partial charge in [-0.3, -0.25) is 0 Å². The average Bonchev–Trinajstić information content (AvgIpc) is 4.10. The van der Waals surface area contributed by atoms with Gasteiger partial charge in [0.15, 0.2) is 0 Å². The molecule has 0 amide bonds. The first kappa shape index (κ1) is 45.2. The van der Waals surface area contributed by atoms with Gasteiger partial charge in [-0.15, -0.1) is 45.3 Å². The largest absolute Gasteiger partial charge is 0.236 e. The number of aromatic nitrogens is 4. The van der Waals surface area contributed by atoms with E-state index >= 15 is 0 Å². The third kappa shape index (κ3) is 7.51. The molecule has 0 fully saturated rings. The summed E-state index contributed by atoms with van der Waals surface area (Å²) in [5.74, 6) is 0. The molecule has 0 bridgehead atoms. The van der Waals surface area contributed by atoms with Gasteiger partial charge in [0.2, 0.25) is 0 Å². The van der Waals surface area contributed by atoms with Gasteiger partial charge in [-0.25, -0.2) is 19.9 Å². The predicted octanol–water partition coefficient (Wildman–Crippen LogP) is 20.9. The first-order valence-electron chi connectivity index (χ1n) is 25.9. The van der Waals surface area contributed by atoms with E-state index in [0.717, 1.165) is 86.6 Å². The lowest BCUT2D eigenvalue weighted by Crippen LogP contribution is -1.98. The average molecular weight is 1070 g/mol. The van der Waals surface area contributed by atoms with Gasteiger partial charge in [-0.2, -0.15) is 0 Å². The number of nitrogens with zero attached hydrogens (tertiary/aromatic N) is 4. The molecule has 8 heteroatoms. The van der Waals surface area contributed by atoms with Crippen molar-refractivity contribution in [3.8, 4) is 86.8 Å². The van der Waals surface area contributed by atoms with Gasteiger partial charge >= 0.3 is 0 Å². The quantitative estimate of drug-likeness (QED) is 0.142. The maximum absolute atomic E-state index is 5.09. The van der Waals surface area contributed by atoms with Crippen molar-refractivity contribution in [1.82, 2.24) is 19.9 Å². The van der Waals surface area contributed by atoms with Crippen molar-refractivity contribution >= 4 is 119 Å². The molecule has 16 rings (SSSR count). The molecule has 12 aromatic carbocycles. The van der Waals surface area contributed by atoms with E-state index in [4.69, 9.17) is 19.9 Å². The molecule has 0 saturated heterocycles. The SMILES string of the molecule is c1ccc2sc(-c3ccc(-c4c5ccccc5c(-c5ccc(-c6nc7ccccc7s6)cc5)c5c(-c6ccc(-c7nc8ccccc8s7)cc6)c6ccccc6c(-c6ccc(-c7nc8ccccc8s7)cc6)c45)cc3)nc2c1. The van der Waals surface area contributed by atoms with Gasteiger partial charge in [-0.1, -0.05) is 194 Å². The van der Waals surface area contributed by atoms with E-state index in [1.807, 2.05) is 0 Å². The van der Waals surface area contributed by atoms with Crippen molar-refractivity contribution in [3.63, 3.8) is 0 Å². The first-order valence-corrected chi connectivity index (χ1v) is 29.2. The van der Waals surface area contributed by atoms with Crippen LogP contribution in [0.2, 0.25) is 0 Å². The van der Waals surface area contributed by atoms with Crippen LogP contribution in [-0.2, 0) is 0 Å². The van der Waals surface area contributed by atoms with Crippen LogP contribution in [0.3, 0.4) is 0 Å². The Morgan fingerprint density at radius 1 is 0.192 bits per heavy atom. The molecule has 0 atom stereocenters. The minimum atomic E-state index is 1.01. The maximum Gasteiger partial charge on any atom is 0.124 e.